The molecule has 7 atom stereocenters. The summed E-state index contributed by atoms with van der Waals surface area (Å²) in [5.74, 6) is 2.00. The van der Waals surface area contributed by atoms with Gasteiger partial charge in [-0.05, 0) is 92.6 Å². The van der Waals surface area contributed by atoms with Gasteiger partial charge in [-0.15, -0.1) is 0 Å². The molecule has 0 aliphatic heterocycles. The fourth-order valence-electron chi connectivity index (χ4n) is 8.97. The van der Waals surface area contributed by atoms with Crippen LogP contribution in [0.4, 0.5) is 0 Å². The van der Waals surface area contributed by atoms with Gasteiger partial charge >= 0.3 is 0 Å². The van der Waals surface area contributed by atoms with E-state index in [4.69, 9.17) is 4.43 Å². The average molecular weight is 668 g/mol. The second kappa shape index (κ2) is 12.7. The van der Waals surface area contributed by atoms with E-state index in [1.165, 1.54) is 21.5 Å². The summed E-state index contributed by atoms with van der Waals surface area (Å²) in [7, 11) is -2.74. The molecule has 44 heavy (non-hydrogen) atoms. The van der Waals surface area contributed by atoms with Gasteiger partial charge in [-0.25, -0.2) is 0 Å². The van der Waals surface area contributed by atoms with Gasteiger partial charge in [0.1, 0.15) is 0 Å². The molecule has 4 heteroatoms. The van der Waals surface area contributed by atoms with Crippen molar-refractivity contribution in [1.29, 1.82) is 0 Å². The summed E-state index contributed by atoms with van der Waals surface area (Å²) in [6, 6.07) is 39.3. The molecule has 1 N–H and O–H groups in total. The molecule has 1 unspecified atom stereocenters. The molecule has 0 saturated heterocycles. The van der Waals surface area contributed by atoms with Crippen molar-refractivity contribution in [2.75, 3.05) is 6.61 Å². The Balaban J connectivity index is 1.47. The Morgan fingerprint density at radius 3 is 1.95 bits per heavy atom. The summed E-state index contributed by atoms with van der Waals surface area (Å²) in [5, 5.41) is 14.7. The molecular formula is C40H47BrO2Si. The lowest BCUT2D eigenvalue weighted by Crippen LogP contribution is -2.67. The largest absolute Gasteiger partial charge is 0.407 e. The van der Waals surface area contributed by atoms with Gasteiger partial charge in [0, 0.05) is 11.1 Å². The average Bonchev–Trinajstić information content (AvgIpc) is 3.03. The van der Waals surface area contributed by atoms with Gasteiger partial charge in [0.2, 0.25) is 0 Å². The van der Waals surface area contributed by atoms with E-state index in [1.54, 1.807) is 0 Å². The molecule has 4 aromatic carbocycles. The number of benzene rings is 4. The summed E-state index contributed by atoms with van der Waals surface area (Å²) in [6.45, 7) is 12.5. The second-order valence-electron chi connectivity index (χ2n) is 14.4. The van der Waals surface area contributed by atoms with Gasteiger partial charge in [0.05, 0.1) is 6.10 Å². The monoisotopic (exact) mass is 666 g/mol. The van der Waals surface area contributed by atoms with Crippen LogP contribution in [-0.2, 0) is 10.8 Å². The van der Waals surface area contributed by atoms with E-state index in [1.807, 2.05) is 6.07 Å². The van der Waals surface area contributed by atoms with Gasteiger partial charge in [-0.1, -0.05) is 148 Å². The Bertz CT molecular complexity index is 1490. The normalized spacial score (nSPS) is 26.0. The third-order valence-corrected chi connectivity index (χ3v) is 16.6. The Labute approximate surface area is 274 Å². The minimum absolute atomic E-state index is 0.0956. The van der Waals surface area contributed by atoms with Crippen molar-refractivity contribution in [2.45, 2.75) is 64.5 Å². The second-order valence-corrected chi connectivity index (χ2v) is 19.6. The first-order valence-corrected chi connectivity index (χ1v) is 19.1. The smallest absolute Gasteiger partial charge is 0.261 e. The Morgan fingerprint density at radius 1 is 0.818 bits per heavy atom. The van der Waals surface area contributed by atoms with Crippen LogP contribution >= 0.6 is 15.9 Å². The maximum atomic E-state index is 12.2. The Kier molecular flexibility index (Phi) is 9.09. The first kappa shape index (κ1) is 31.5. The quantitative estimate of drug-likeness (QED) is 0.200. The van der Waals surface area contributed by atoms with E-state index in [9.17, 15) is 5.11 Å². The number of rotatable bonds is 7. The third-order valence-electron chi connectivity index (χ3n) is 11.1. The maximum Gasteiger partial charge on any atom is 0.261 e. The zero-order valence-electron chi connectivity index (χ0n) is 26.8. The van der Waals surface area contributed by atoms with Gasteiger partial charge in [-0.2, -0.15) is 0 Å². The Morgan fingerprint density at radius 2 is 1.39 bits per heavy atom. The highest BCUT2D eigenvalue weighted by molar-refractivity contribution is 9.10. The molecule has 0 bridgehead atoms. The maximum absolute atomic E-state index is 12.2. The lowest BCUT2D eigenvalue weighted by atomic mass is 9.52. The van der Waals surface area contributed by atoms with Crippen molar-refractivity contribution in [3.05, 3.63) is 130 Å². The first-order chi connectivity index (χ1) is 21.1. The van der Waals surface area contributed by atoms with Gasteiger partial charge in [-0.3, -0.25) is 0 Å². The number of hydrogen-bond acceptors (Lipinski definition) is 2. The molecule has 0 heterocycles. The van der Waals surface area contributed by atoms with Crippen molar-refractivity contribution >= 4 is 34.6 Å². The van der Waals surface area contributed by atoms with Crippen LogP contribution in [0.5, 0.6) is 0 Å². The fourth-order valence-corrected chi connectivity index (χ4v) is 14.0. The molecule has 1 fully saturated rings. The van der Waals surface area contributed by atoms with Crippen molar-refractivity contribution in [2.24, 2.45) is 29.6 Å². The highest BCUT2D eigenvalue weighted by Gasteiger charge is 2.55. The number of aryl methyl sites for hydroxylation is 1. The van der Waals surface area contributed by atoms with E-state index < -0.39 is 14.4 Å². The molecule has 2 aliphatic carbocycles. The number of hydrogen-bond donors (Lipinski definition) is 1. The molecule has 4 aromatic rings. The number of halogens is 1. The van der Waals surface area contributed by atoms with E-state index in [-0.39, 0.29) is 16.9 Å². The molecule has 0 aromatic heterocycles. The molecule has 0 radical (unpaired) electrons. The fraction of sp³-hybridized carbons (Fsp3) is 0.400. The molecule has 230 valence electrons. The lowest BCUT2D eigenvalue weighted by Gasteiger charge is -2.55. The van der Waals surface area contributed by atoms with Gasteiger partial charge < -0.3 is 9.53 Å². The van der Waals surface area contributed by atoms with E-state index in [2.05, 4.69) is 154 Å². The highest BCUT2D eigenvalue weighted by atomic mass is 79.9. The molecule has 1 saturated carbocycles. The van der Waals surface area contributed by atoms with Crippen molar-refractivity contribution in [1.82, 2.24) is 0 Å². The molecule has 0 amide bonds. The van der Waals surface area contributed by atoms with Gasteiger partial charge in [0.25, 0.3) is 8.32 Å². The van der Waals surface area contributed by atoms with Gasteiger partial charge in [0.15, 0.2) is 0 Å². The summed E-state index contributed by atoms with van der Waals surface area (Å²) in [4.78, 5) is 0. The number of fused-ring (bicyclic) bond motifs is 3. The van der Waals surface area contributed by atoms with E-state index in [0.717, 1.165) is 22.9 Å². The van der Waals surface area contributed by atoms with Crippen LogP contribution in [0.1, 0.15) is 69.8 Å². The van der Waals surface area contributed by atoms with Crippen molar-refractivity contribution in [3.63, 3.8) is 0 Å². The van der Waals surface area contributed by atoms with E-state index in [0.29, 0.717) is 30.3 Å². The summed E-state index contributed by atoms with van der Waals surface area (Å²) >= 11 is 3.73. The van der Waals surface area contributed by atoms with E-state index >= 15 is 0 Å². The van der Waals surface area contributed by atoms with Crippen LogP contribution < -0.4 is 10.4 Å². The van der Waals surface area contributed by atoms with Crippen molar-refractivity contribution < 1.29 is 9.53 Å². The van der Waals surface area contributed by atoms with Crippen LogP contribution in [0.15, 0.2) is 114 Å². The third kappa shape index (κ3) is 5.57. The zero-order chi connectivity index (χ0) is 31.1. The van der Waals surface area contributed by atoms with Crippen LogP contribution in [0.25, 0.3) is 0 Å². The minimum atomic E-state index is -2.74. The molecule has 2 aliphatic rings. The lowest BCUT2D eigenvalue weighted by molar-refractivity contribution is -0.0698. The predicted octanol–water partition coefficient (Wildman–Crippen LogP) is 8.92. The van der Waals surface area contributed by atoms with Crippen molar-refractivity contribution in [3.8, 4) is 0 Å². The molecule has 2 nitrogen and oxygen atoms in total. The van der Waals surface area contributed by atoms with Crippen LogP contribution in [0.2, 0.25) is 5.04 Å². The number of aliphatic hydroxyl groups excluding tert-OH is 1. The highest BCUT2D eigenvalue weighted by Crippen LogP contribution is 2.58. The van der Waals surface area contributed by atoms with Crippen LogP contribution in [0, 0.1) is 29.6 Å². The first-order valence-electron chi connectivity index (χ1n) is 16.4. The standard InChI is InChI=1S/C40H47BrO2Si/c1-27-28(2)38(39(42)29-15-9-6-10-16-29)36(35-23-21-30-25-31(41)22-24-34(30)37(27)35)26-43-44(40(3,4)5,32-17-11-7-12-18-32)33-19-13-8-14-20-33/h6-20,22,24-25,27-28,35-39,42H,21,23,26H2,1-5H3/t27-,28?,35+,36+,37-,38+,39-/m1/s1. The number of aliphatic hydroxyl groups is 1. The summed E-state index contributed by atoms with van der Waals surface area (Å²) < 4.78 is 8.84. The zero-order valence-corrected chi connectivity index (χ0v) is 29.4. The minimum Gasteiger partial charge on any atom is -0.407 e. The summed E-state index contributed by atoms with van der Waals surface area (Å²) in [6.07, 6.45) is 1.66. The molecule has 6 rings (SSSR count). The van der Waals surface area contributed by atoms with Crippen LogP contribution in [-0.4, -0.2) is 20.0 Å². The topological polar surface area (TPSA) is 29.5 Å². The molecule has 0 spiro atoms. The predicted molar refractivity (Wildman–Crippen MR) is 189 cm³/mol. The summed E-state index contributed by atoms with van der Waals surface area (Å²) in [5.41, 5.74) is 4.01. The SMILES string of the molecule is CC1[C@H]([C@H](O)c2ccccc2)[C@@H](CO[Si](c2ccccc2)(c2ccccc2)C(C)(C)C)[C@@H]2CCc3cc(Br)ccc3[C@H]2[C@@H]1C. The Hall–Kier alpha value is -2.50. The molecular weight excluding hydrogens is 620 g/mol. The van der Waals surface area contributed by atoms with Crippen LogP contribution in [0.3, 0.4) is 0 Å².